The predicted octanol–water partition coefficient (Wildman–Crippen LogP) is 2.17. The fourth-order valence-corrected chi connectivity index (χ4v) is 1.69. The van der Waals surface area contributed by atoms with Crippen molar-refractivity contribution in [3.05, 3.63) is 57.0 Å². The second-order valence-electron chi connectivity index (χ2n) is 3.98. The summed E-state index contributed by atoms with van der Waals surface area (Å²) in [7, 11) is 0. The second-order valence-corrected chi connectivity index (χ2v) is 3.98. The minimum atomic E-state index is -0.636. The fourth-order valence-electron chi connectivity index (χ4n) is 1.69. The zero-order valence-corrected chi connectivity index (χ0v) is 9.93. The molecule has 1 aromatic heterocycles. The van der Waals surface area contributed by atoms with Crippen LogP contribution in [0.25, 0.3) is 0 Å². The maximum absolute atomic E-state index is 12.2. The molecular weight excluding hydrogens is 234 g/mol. The van der Waals surface area contributed by atoms with Crippen molar-refractivity contribution in [2.75, 3.05) is 0 Å². The number of rotatable bonds is 3. The van der Waals surface area contributed by atoms with Crippen LogP contribution in [0.2, 0.25) is 0 Å². The molecule has 18 heavy (non-hydrogen) atoms. The third-order valence-electron chi connectivity index (χ3n) is 2.48. The summed E-state index contributed by atoms with van der Waals surface area (Å²) in [4.78, 5) is 28.7. The van der Waals surface area contributed by atoms with Gasteiger partial charge >= 0.3 is 5.82 Å². The number of hydrogen-bond donors (Lipinski definition) is 1. The Labute approximate surface area is 103 Å². The fraction of sp³-hybridized carbons (Fsp3) is 0.167. The van der Waals surface area contributed by atoms with E-state index < -0.39 is 10.7 Å². The lowest BCUT2D eigenvalue weighted by Crippen LogP contribution is -2.05. The predicted molar refractivity (Wildman–Crippen MR) is 64.6 cm³/mol. The van der Waals surface area contributed by atoms with Crippen molar-refractivity contribution in [3.8, 4) is 0 Å². The Morgan fingerprint density at radius 3 is 2.72 bits per heavy atom. The molecule has 0 bridgehead atoms. The first kappa shape index (κ1) is 12.0. The average molecular weight is 245 g/mol. The van der Waals surface area contributed by atoms with E-state index in [1.54, 1.807) is 25.1 Å². The normalized spacial score (nSPS) is 10.3. The van der Waals surface area contributed by atoms with E-state index in [2.05, 4.69) is 9.97 Å². The zero-order chi connectivity index (χ0) is 13.3. The summed E-state index contributed by atoms with van der Waals surface area (Å²) in [6, 6.07) is 6.87. The lowest BCUT2D eigenvalue weighted by atomic mass is 10.1. The topological polar surface area (TPSA) is 88.9 Å². The quantitative estimate of drug-likeness (QED) is 0.509. The van der Waals surface area contributed by atoms with Crippen LogP contribution in [0.15, 0.2) is 24.3 Å². The Balaban J connectivity index is 2.49. The number of aromatic nitrogens is 2. The van der Waals surface area contributed by atoms with Crippen molar-refractivity contribution in [2.45, 2.75) is 13.8 Å². The van der Waals surface area contributed by atoms with Crippen molar-refractivity contribution in [1.82, 2.24) is 9.97 Å². The van der Waals surface area contributed by atoms with E-state index in [1.807, 2.05) is 13.0 Å². The van der Waals surface area contributed by atoms with E-state index in [0.29, 0.717) is 11.4 Å². The summed E-state index contributed by atoms with van der Waals surface area (Å²) < 4.78 is 0. The molecule has 0 fully saturated rings. The Hall–Kier alpha value is -2.50. The van der Waals surface area contributed by atoms with Gasteiger partial charge in [0.1, 0.15) is 0 Å². The first-order valence-corrected chi connectivity index (χ1v) is 5.31. The van der Waals surface area contributed by atoms with Gasteiger partial charge in [-0.05, 0) is 17.9 Å². The number of aryl methyl sites for hydroxylation is 2. The molecule has 6 nitrogen and oxygen atoms in total. The minimum absolute atomic E-state index is 0.150. The molecule has 0 unspecified atom stereocenters. The summed E-state index contributed by atoms with van der Waals surface area (Å²) >= 11 is 0. The maximum Gasteiger partial charge on any atom is 0.352 e. The molecule has 0 radical (unpaired) electrons. The third kappa shape index (κ3) is 2.13. The van der Waals surface area contributed by atoms with Gasteiger partial charge in [-0.3, -0.25) is 4.79 Å². The molecule has 1 N–H and O–H groups in total. The lowest BCUT2D eigenvalue weighted by Gasteiger charge is -1.99. The van der Waals surface area contributed by atoms with Crippen LogP contribution < -0.4 is 0 Å². The summed E-state index contributed by atoms with van der Waals surface area (Å²) in [5, 5.41) is 10.8. The number of imidazole rings is 1. The van der Waals surface area contributed by atoms with Gasteiger partial charge in [-0.25, -0.2) is 9.97 Å². The highest BCUT2D eigenvalue weighted by molar-refractivity contribution is 6.09. The number of carbonyl (C=O) groups excluding carboxylic acids is 1. The molecule has 0 saturated carbocycles. The number of ketones is 1. The number of hydrogen-bond acceptors (Lipinski definition) is 4. The number of carbonyl (C=O) groups is 1. The third-order valence-corrected chi connectivity index (χ3v) is 2.48. The van der Waals surface area contributed by atoms with Crippen molar-refractivity contribution in [3.63, 3.8) is 0 Å². The molecule has 0 aliphatic heterocycles. The molecule has 1 aromatic carbocycles. The second kappa shape index (κ2) is 4.40. The Bertz CT molecular complexity index is 631. The molecule has 0 aliphatic rings. The summed E-state index contributed by atoms with van der Waals surface area (Å²) in [5.41, 5.74) is 1.16. The Morgan fingerprint density at radius 1 is 1.39 bits per heavy atom. The van der Waals surface area contributed by atoms with Crippen molar-refractivity contribution < 1.29 is 9.72 Å². The first-order valence-electron chi connectivity index (χ1n) is 5.31. The highest BCUT2D eigenvalue weighted by Gasteiger charge is 2.25. The van der Waals surface area contributed by atoms with E-state index >= 15 is 0 Å². The van der Waals surface area contributed by atoms with Gasteiger partial charge in [0.05, 0.1) is 0 Å². The summed E-state index contributed by atoms with van der Waals surface area (Å²) in [5.74, 6) is -0.466. The Morgan fingerprint density at radius 2 is 2.11 bits per heavy atom. The molecule has 0 amide bonds. The van der Waals surface area contributed by atoms with Crippen molar-refractivity contribution in [1.29, 1.82) is 0 Å². The first-order chi connectivity index (χ1) is 8.49. The highest BCUT2D eigenvalue weighted by Crippen LogP contribution is 2.19. The largest absolute Gasteiger partial charge is 0.358 e. The van der Waals surface area contributed by atoms with Gasteiger partial charge in [-0.2, -0.15) is 0 Å². The Kier molecular flexibility index (Phi) is 2.93. The molecule has 92 valence electrons. The molecule has 0 saturated heterocycles. The highest BCUT2D eigenvalue weighted by atomic mass is 16.6. The van der Waals surface area contributed by atoms with Gasteiger partial charge in [0.15, 0.2) is 5.82 Å². The van der Waals surface area contributed by atoms with E-state index in [4.69, 9.17) is 0 Å². The van der Waals surface area contributed by atoms with Crippen LogP contribution >= 0.6 is 0 Å². The maximum atomic E-state index is 12.2. The average Bonchev–Trinajstić information content (AvgIpc) is 2.70. The summed E-state index contributed by atoms with van der Waals surface area (Å²) in [6.45, 7) is 3.42. The van der Waals surface area contributed by atoms with Gasteiger partial charge in [0.2, 0.25) is 11.5 Å². The van der Waals surface area contributed by atoms with Crippen LogP contribution in [0.3, 0.4) is 0 Å². The van der Waals surface area contributed by atoms with E-state index in [0.717, 1.165) is 5.56 Å². The van der Waals surface area contributed by atoms with Crippen LogP contribution in [-0.2, 0) is 0 Å². The number of aromatic amines is 1. The number of nitro groups is 1. The molecule has 2 aromatic rings. The standard InChI is InChI=1S/C12H11N3O3/c1-7-4-3-5-9(6-7)11(16)10-12(15(17)18)14-8(2)13-10/h3-6H,1-2H3,(H,13,14). The lowest BCUT2D eigenvalue weighted by molar-refractivity contribution is -0.389. The monoisotopic (exact) mass is 245 g/mol. The number of H-pyrrole nitrogens is 1. The van der Waals surface area contributed by atoms with Crippen LogP contribution in [0.4, 0.5) is 5.82 Å². The number of benzene rings is 1. The number of nitrogens with one attached hydrogen (secondary N) is 1. The van der Waals surface area contributed by atoms with Crippen LogP contribution in [0.5, 0.6) is 0 Å². The smallest absolute Gasteiger partial charge is 0.352 e. The van der Waals surface area contributed by atoms with Crippen molar-refractivity contribution in [2.24, 2.45) is 0 Å². The van der Waals surface area contributed by atoms with Gasteiger partial charge < -0.3 is 10.1 Å². The van der Waals surface area contributed by atoms with Crippen LogP contribution in [0, 0.1) is 24.0 Å². The molecule has 6 heteroatoms. The van der Waals surface area contributed by atoms with E-state index in [-0.39, 0.29) is 11.5 Å². The minimum Gasteiger partial charge on any atom is -0.358 e. The molecule has 1 heterocycles. The molecule has 0 atom stereocenters. The van der Waals surface area contributed by atoms with Gasteiger partial charge in [0.25, 0.3) is 0 Å². The SMILES string of the molecule is Cc1cccc(C(=O)c2nc(C)[nH]c2[N+](=O)[O-])c1. The zero-order valence-electron chi connectivity index (χ0n) is 9.93. The van der Waals surface area contributed by atoms with E-state index in [1.165, 1.54) is 0 Å². The summed E-state index contributed by atoms with van der Waals surface area (Å²) in [6.07, 6.45) is 0. The van der Waals surface area contributed by atoms with Gasteiger partial charge in [0, 0.05) is 12.5 Å². The van der Waals surface area contributed by atoms with Crippen LogP contribution in [0.1, 0.15) is 27.4 Å². The van der Waals surface area contributed by atoms with E-state index in [9.17, 15) is 14.9 Å². The van der Waals surface area contributed by atoms with Gasteiger partial charge in [-0.1, -0.05) is 23.8 Å². The van der Waals surface area contributed by atoms with Gasteiger partial charge in [-0.15, -0.1) is 0 Å². The van der Waals surface area contributed by atoms with Crippen LogP contribution in [-0.4, -0.2) is 20.7 Å². The molecule has 0 aliphatic carbocycles. The molecule has 2 rings (SSSR count). The molecular formula is C12H11N3O3. The number of nitrogens with zero attached hydrogens (tertiary/aromatic N) is 2. The molecule has 0 spiro atoms. The van der Waals surface area contributed by atoms with Crippen molar-refractivity contribution >= 4 is 11.6 Å².